The van der Waals surface area contributed by atoms with E-state index < -0.39 is 101 Å². The highest BCUT2D eigenvalue weighted by Crippen LogP contribution is 2.39. The van der Waals surface area contributed by atoms with Gasteiger partial charge in [0.15, 0.2) is 17.3 Å². The molecule has 208 valence electrons. The third-order valence-electron chi connectivity index (χ3n) is 5.76. The lowest BCUT2D eigenvalue weighted by Gasteiger charge is -2.39. The van der Waals surface area contributed by atoms with Crippen molar-refractivity contribution >= 4 is 22.9 Å². The number of carboxylic acids is 1. The highest BCUT2D eigenvalue weighted by atomic mass is 16.7. The number of esters is 1. The van der Waals surface area contributed by atoms with Gasteiger partial charge < -0.3 is 59.5 Å². The van der Waals surface area contributed by atoms with Crippen LogP contribution >= 0.6 is 0 Å². The highest BCUT2D eigenvalue weighted by molar-refractivity contribution is 5.90. The van der Waals surface area contributed by atoms with Gasteiger partial charge in [-0.2, -0.15) is 0 Å². The summed E-state index contributed by atoms with van der Waals surface area (Å²) in [7, 11) is 0. The van der Waals surface area contributed by atoms with Crippen LogP contribution < -0.4 is 10.2 Å². The number of fused-ring (bicyclic) bond motifs is 1. The van der Waals surface area contributed by atoms with Crippen molar-refractivity contribution in [2.75, 3.05) is 6.61 Å². The van der Waals surface area contributed by atoms with Crippen molar-refractivity contribution < 1.29 is 69.1 Å². The molecule has 0 bridgehead atoms. The molecule has 1 aliphatic rings. The summed E-state index contributed by atoms with van der Waals surface area (Å²) in [5.41, 5.74) is -1.40. The molecule has 1 saturated heterocycles. The Kier molecular flexibility index (Phi) is 7.51. The van der Waals surface area contributed by atoms with Gasteiger partial charge in [0.1, 0.15) is 59.9 Å². The summed E-state index contributed by atoms with van der Waals surface area (Å²) < 4.78 is 21.4. The van der Waals surface area contributed by atoms with Crippen LogP contribution in [0.25, 0.3) is 22.3 Å². The van der Waals surface area contributed by atoms with Gasteiger partial charge in [-0.05, 0) is 18.2 Å². The summed E-state index contributed by atoms with van der Waals surface area (Å²) >= 11 is 0. The number of carboxylic acid groups (broad SMARTS) is 1. The van der Waals surface area contributed by atoms with E-state index in [1.54, 1.807) is 0 Å². The van der Waals surface area contributed by atoms with Crippen molar-refractivity contribution in [3.63, 3.8) is 0 Å². The third kappa shape index (κ3) is 5.51. The number of carbonyl (C=O) groups excluding carboxylic acids is 1. The van der Waals surface area contributed by atoms with Crippen LogP contribution in [-0.4, -0.2) is 90.1 Å². The van der Waals surface area contributed by atoms with Gasteiger partial charge in [0.05, 0.1) is 0 Å². The molecule has 15 nitrogen and oxygen atoms in total. The third-order valence-corrected chi connectivity index (χ3v) is 5.76. The van der Waals surface area contributed by atoms with Gasteiger partial charge in [-0.1, -0.05) is 0 Å². The number of hydrogen-bond acceptors (Lipinski definition) is 14. The lowest BCUT2D eigenvalue weighted by molar-refractivity contribution is -0.278. The van der Waals surface area contributed by atoms with Crippen LogP contribution in [0.4, 0.5) is 0 Å². The fraction of sp³-hybridized carbons (Fsp3) is 0.292. The van der Waals surface area contributed by atoms with Gasteiger partial charge in [-0.3, -0.25) is 14.4 Å². The number of aliphatic hydroxyl groups is 3. The topological polar surface area (TPSA) is 254 Å². The molecule has 15 heteroatoms. The Morgan fingerprint density at radius 3 is 2.28 bits per heavy atom. The van der Waals surface area contributed by atoms with E-state index in [0.717, 1.165) is 24.3 Å². The van der Waals surface area contributed by atoms with E-state index >= 15 is 0 Å². The van der Waals surface area contributed by atoms with Gasteiger partial charge in [0.2, 0.25) is 17.5 Å². The number of phenolic OH excluding ortho intramolecular Hbond substituents is 4. The number of hydrogen-bond donors (Lipinski definition) is 8. The summed E-state index contributed by atoms with van der Waals surface area (Å²) in [5, 5.41) is 79.0. The Balaban J connectivity index is 1.76. The smallest absolute Gasteiger partial charge is 0.317 e. The predicted molar refractivity (Wildman–Crippen MR) is 125 cm³/mol. The Morgan fingerprint density at radius 1 is 0.897 bits per heavy atom. The van der Waals surface area contributed by atoms with E-state index in [4.69, 9.17) is 23.7 Å². The monoisotopic (exact) mass is 550 g/mol. The molecule has 2 heterocycles. The Bertz CT molecular complexity index is 1480. The number of aliphatic carboxylic acids is 1. The van der Waals surface area contributed by atoms with Crippen LogP contribution in [0.5, 0.6) is 28.7 Å². The maximum Gasteiger partial charge on any atom is 0.317 e. The molecule has 1 fully saturated rings. The summed E-state index contributed by atoms with van der Waals surface area (Å²) in [4.78, 5) is 35.7. The van der Waals surface area contributed by atoms with E-state index in [-0.39, 0.29) is 11.1 Å². The fourth-order valence-electron chi connectivity index (χ4n) is 3.85. The Hall–Kier alpha value is -4.57. The normalized spacial score (nSPS) is 22.9. The minimum Gasteiger partial charge on any atom is -0.508 e. The van der Waals surface area contributed by atoms with Crippen LogP contribution in [0.1, 0.15) is 6.42 Å². The van der Waals surface area contributed by atoms with Crippen molar-refractivity contribution in [3.05, 3.63) is 40.6 Å². The van der Waals surface area contributed by atoms with Gasteiger partial charge in [0.25, 0.3) is 0 Å². The maximum atomic E-state index is 13.4. The SMILES string of the molecule is O=C(O)CC(=O)OCC1O[C@@H](Oc2c(-c3ccc(O)c(O)c3)oc3cc(O)cc(O)c3c2=O)C(O)[C@H](O)[C@@H]1O. The molecule has 3 aromatic rings. The summed E-state index contributed by atoms with van der Waals surface area (Å²) in [5.74, 6) is -6.09. The molecule has 2 aromatic carbocycles. The number of phenols is 4. The van der Waals surface area contributed by atoms with Gasteiger partial charge in [0, 0.05) is 17.7 Å². The van der Waals surface area contributed by atoms with E-state index in [1.165, 1.54) is 6.07 Å². The standard InChI is InChI=1S/C24H22O15/c25-9-4-12(28)17-13(5-9)37-22(8-1-2-10(26)11(27)3-8)23(19(17)33)39-24-21(35)20(34)18(32)14(38-24)7-36-16(31)6-15(29)30/h1-5,14,18,20-21,24-28,32,34-35H,6-7H2,(H,29,30)/t14?,18-,20-,21?,24+/m1/s1. The second kappa shape index (κ2) is 10.7. The maximum absolute atomic E-state index is 13.4. The number of ether oxygens (including phenoxy) is 3. The molecule has 5 atom stereocenters. The molecule has 0 spiro atoms. The number of carbonyl (C=O) groups is 2. The first kappa shape index (κ1) is 27.5. The molecule has 1 aliphatic heterocycles. The average Bonchev–Trinajstić information content (AvgIpc) is 2.85. The van der Waals surface area contributed by atoms with E-state index in [0.29, 0.717) is 0 Å². The van der Waals surface area contributed by atoms with Gasteiger partial charge in [-0.15, -0.1) is 0 Å². The molecular weight excluding hydrogens is 528 g/mol. The van der Waals surface area contributed by atoms with Gasteiger partial charge in [-0.25, -0.2) is 0 Å². The van der Waals surface area contributed by atoms with Crippen LogP contribution in [0.15, 0.2) is 39.5 Å². The van der Waals surface area contributed by atoms with Gasteiger partial charge >= 0.3 is 11.9 Å². The number of benzene rings is 2. The fourth-order valence-corrected chi connectivity index (χ4v) is 3.85. The Labute approximate surface area is 216 Å². The molecule has 39 heavy (non-hydrogen) atoms. The molecule has 1 aromatic heterocycles. The van der Waals surface area contributed by atoms with Crippen LogP contribution in [0, 0.1) is 0 Å². The number of rotatable bonds is 7. The largest absolute Gasteiger partial charge is 0.508 e. The summed E-state index contributed by atoms with van der Waals surface area (Å²) in [6.07, 6.45) is -10.2. The van der Waals surface area contributed by atoms with Crippen molar-refractivity contribution in [2.24, 2.45) is 0 Å². The van der Waals surface area contributed by atoms with E-state index in [1.807, 2.05) is 0 Å². The zero-order valence-corrected chi connectivity index (χ0v) is 19.6. The summed E-state index contributed by atoms with van der Waals surface area (Å²) in [6, 6.07) is 5.14. The van der Waals surface area contributed by atoms with Crippen molar-refractivity contribution in [3.8, 4) is 40.1 Å². The molecule has 0 radical (unpaired) electrons. The Morgan fingerprint density at radius 2 is 1.62 bits per heavy atom. The molecule has 0 aliphatic carbocycles. The molecule has 0 saturated carbocycles. The van der Waals surface area contributed by atoms with Crippen molar-refractivity contribution in [1.29, 1.82) is 0 Å². The quantitative estimate of drug-likeness (QED) is 0.105. The van der Waals surface area contributed by atoms with Crippen LogP contribution in [0.2, 0.25) is 0 Å². The first-order valence-corrected chi connectivity index (χ1v) is 11.2. The van der Waals surface area contributed by atoms with Crippen LogP contribution in [-0.2, 0) is 19.1 Å². The molecule has 8 N–H and O–H groups in total. The second-order valence-electron chi connectivity index (χ2n) is 8.52. The minimum absolute atomic E-state index is 0.0489. The number of aromatic hydroxyl groups is 4. The first-order valence-electron chi connectivity index (χ1n) is 11.2. The number of aliphatic hydroxyl groups excluding tert-OH is 3. The van der Waals surface area contributed by atoms with Crippen molar-refractivity contribution in [1.82, 2.24) is 0 Å². The summed E-state index contributed by atoms with van der Waals surface area (Å²) in [6.45, 7) is -0.762. The average molecular weight is 550 g/mol. The minimum atomic E-state index is -1.99. The first-order chi connectivity index (χ1) is 18.4. The highest BCUT2D eigenvalue weighted by Gasteiger charge is 2.46. The molecule has 4 rings (SSSR count). The lowest BCUT2D eigenvalue weighted by Crippen LogP contribution is -2.60. The molecular formula is C24H22O15. The molecule has 2 unspecified atom stereocenters. The van der Waals surface area contributed by atoms with Crippen LogP contribution in [0.3, 0.4) is 0 Å². The van der Waals surface area contributed by atoms with Crippen molar-refractivity contribution in [2.45, 2.75) is 37.1 Å². The zero-order chi connectivity index (χ0) is 28.6. The second-order valence-corrected chi connectivity index (χ2v) is 8.52. The van der Waals surface area contributed by atoms with E-state index in [9.17, 15) is 50.1 Å². The lowest BCUT2D eigenvalue weighted by atomic mass is 9.99. The molecule has 0 amide bonds. The predicted octanol–water partition coefficient (Wildman–Crippen LogP) is -0.513. The zero-order valence-electron chi connectivity index (χ0n) is 19.6. The van der Waals surface area contributed by atoms with E-state index in [2.05, 4.69) is 0 Å².